The molecule has 5 nitrogen and oxygen atoms in total. The maximum Gasteiger partial charge on any atom is 0.195 e. The maximum atomic E-state index is 10.2. The molecule has 3 rings (SSSR count). The molecule has 2 aromatic carbocycles. The summed E-state index contributed by atoms with van der Waals surface area (Å²) in [5.74, 6) is 2.02. The minimum absolute atomic E-state index is 0.228. The number of aliphatic hydroxyl groups excluding tert-OH is 1. The summed E-state index contributed by atoms with van der Waals surface area (Å²) in [5, 5.41) is 19.4. The lowest BCUT2D eigenvalue weighted by atomic mass is 10.2. The van der Waals surface area contributed by atoms with Crippen molar-refractivity contribution in [3.63, 3.8) is 0 Å². The van der Waals surface area contributed by atoms with E-state index < -0.39 is 6.10 Å². The zero-order valence-corrected chi connectivity index (χ0v) is 17.0. The summed E-state index contributed by atoms with van der Waals surface area (Å²) in [7, 11) is 0. The van der Waals surface area contributed by atoms with E-state index in [4.69, 9.17) is 4.74 Å². The number of hydrogen-bond acceptors (Lipinski definition) is 5. The molecule has 0 unspecified atom stereocenters. The Kier molecular flexibility index (Phi) is 6.34. The average Bonchev–Trinajstić information content (AvgIpc) is 3.00. The second kappa shape index (κ2) is 8.70. The van der Waals surface area contributed by atoms with Gasteiger partial charge in [0.1, 0.15) is 18.2 Å². The van der Waals surface area contributed by atoms with Gasteiger partial charge in [-0.3, -0.25) is 4.57 Å². The van der Waals surface area contributed by atoms with Gasteiger partial charge in [0.15, 0.2) is 5.16 Å². The van der Waals surface area contributed by atoms with Crippen LogP contribution in [0, 0.1) is 13.8 Å². The summed E-state index contributed by atoms with van der Waals surface area (Å²) in [6.07, 6.45) is -0.605. The fourth-order valence-corrected chi connectivity index (χ4v) is 3.61. The minimum atomic E-state index is -0.605. The number of thioether (sulfide) groups is 1. The Hall–Kier alpha value is -1.83. The largest absolute Gasteiger partial charge is 0.491 e. The minimum Gasteiger partial charge on any atom is -0.491 e. The molecule has 7 heteroatoms. The lowest BCUT2D eigenvalue weighted by Gasteiger charge is -2.13. The van der Waals surface area contributed by atoms with Crippen molar-refractivity contribution in [3.8, 4) is 11.4 Å². The maximum absolute atomic E-state index is 10.2. The zero-order chi connectivity index (χ0) is 18.5. The van der Waals surface area contributed by atoms with Crippen LogP contribution in [0.2, 0.25) is 0 Å². The smallest absolute Gasteiger partial charge is 0.195 e. The number of rotatable bonds is 7. The van der Waals surface area contributed by atoms with Gasteiger partial charge in [0, 0.05) is 15.9 Å². The van der Waals surface area contributed by atoms with Crippen molar-refractivity contribution < 1.29 is 9.84 Å². The Balaban J connectivity index is 1.60. The van der Waals surface area contributed by atoms with Crippen LogP contribution in [0.25, 0.3) is 5.69 Å². The van der Waals surface area contributed by atoms with Crippen molar-refractivity contribution in [1.29, 1.82) is 0 Å². The predicted molar refractivity (Wildman–Crippen MR) is 107 cm³/mol. The van der Waals surface area contributed by atoms with Gasteiger partial charge in [-0.25, -0.2) is 0 Å². The van der Waals surface area contributed by atoms with Crippen LogP contribution < -0.4 is 4.74 Å². The van der Waals surface area contributed by atoms with E-state index in [0.717, 1.165) is 26.9 Å². The first-order valence-electron chi connectivity index (χ1n) is 8.21. The normalized spacial score (nSPS) is 12.2. The van der Waals surface area contributed by atoms with E-state index in [1.54, 1.807) is 0 Å². The van der Waals surface area contributed by atoms with Gasteiger partial charge < -0.3 is 9.84 Å². The highest BCUT2D eigenvalue weighted by atomic mass is 79.9. The molecule has 0 aliphatic heterocycles. The van der Waals surface area contributed by atoms with Gasteiger partial charge in [-0.2, -0.15) is 0 Å². The lowest BCUT2D eigenvalue weighted by Crippen LogP contribution is -2.20. The Morgan fingerprint density at radius 1 is 1.15 bits per heavy atom. The first-order valence-corrected chi connectivity index (χ1v) is 9.99. The number of aryl methyl sites for hydroxylation is 2. The number of hydrogen-bond donors (Lipinski definition) is 1. The summed E-state index contributed by atoms with van der Waals surface area (Å²) in [4.78, 5) is 0. The topological polar surface area (TPSA) is 60.2 Å². The first kappa shape index (κ1) is 18.9. The van der Waals surface area contributed by atoms with Gasteiger partial charge in [-0.1, -0.05) is 39.8 Å². The highest BCUT2D eigenvalue weighted by Gasteiger charge is 2.14. The molecule has 1 heterocycles. The summed E-state index contributed by atoms with van der Waals surface area (Å²) in [6.45, 7) is 4.21. The molecule has 0 saturated carbocycles. The second-order valence-corrected chi connectivity index (χ2v) is 7.84. The summed E-state index contributed by atoms with van der Waals surface area (Å²) >= 11 is 4.85. The van der Waals surface area contributed by atoms with Crippen LogP contribution in [-0.2, 0) is 0 Å². The average molecular weight is 434 g/mol. The number of aliphatic hydroxyl groups is 1. The van der Waals surface area contributed by atoms with Crippen LogP contribution >= 0.6 is 27.7 Å². The van der Waals surface area contributed by atoms with Gasteiger partial charge in [-0.15, -0.1) is 10.2 Å². The second-order valence-electron chi connectivity index (χ2n) is 5.93. The van der Waals surface area contributed by atoms with Crippen molar-refractivity contribution in [2.75, 3.05) is 12.4 Å². The van der Waals surface area contributed by atoms with Crippen molar-refractivity contribution in [2.24, 2.45) is 0 Å². The molecule has 1 N–H and O–H groups in total. The third-order valence-electron chi connectivity index (χ3n) is 3.72. The van der Waals surface area contributed by atoms with E-state index in [0.29, 0.717) is 5.75 Å². The quantitative estimate of drug-likeness (QED) is 0.566. The van der Waals surface area contributed by atoms with E-state index in [9.17, 15) is 5.11 Å². The molecule has 0 amide bonds. The lowest BCUT2D eigenvalue weighted by molar-refractivity contribution is 0.126. The van der Waals surface area contributed by atoms with Gasteiger partial charge >= 0.3 is 0 Å². The van der Waals surface area contributed by atoms with Crippen LogP contribution in [0.3, 0.4) is 0 Å². The van der Waals surface area contributed by atoms with Gasteiger partial charge in [0.05, 0.1) is 6.10 Å². The fraction of sp³-hybridized carbons (Fsp3) is 0.263. The van der Waals surface area contributed by atoms with Crippen LogP contribution in [0.5, 0.6) is 5.75 Å². The molecule has 0 bridgehead atoms. The van der Waals surface area contributed by atoms with Crippen LogP contribution in [0.4, 0.5) is 0 Å². The van der Waals surface area contributed by atoms with Crippen molar-refractivity contribution in [2.45, 2.75) is 25.1 Å². The molecule has 136 valence electrons. The molecule has 1 aromatic heterocycles. The van der Waals surface area contributed by atoms with Gasteiger partial charge in [0.2, 0.25) is 0 Å². The molecule has 26 heavy (non-hydrogen) atoms. The van der Waals surface area contributed by atoms with E-state index in [2.05, 4.69) is 45.2 Å². The summed E-state index contributed by atoms with van der Waals surface area (Å²) < 4.78 is 8.61. The third-order valence-corrected chi connectivity index (χ3v) is 5.32. The molecular formula is C19H20BrN3O2S. The zero-order valence-electron chi connectivity index (χ0n) is 14.6. The number of benzene rings is 2. The molecule has 0 aliphatic rings. The SMILES string of the molecule is Cc1cccc(-n2c(C)nnc2SC[C@H](O)COc2ccc(Br)cc2)c1. The van der Waals surface area contributed by atoms with Crippen molar-refractivity contribution in [3.05, 3.63) is 64.4 Å². The van der Waals surface area contributed by atoms with E-state index in [1.165, 1.54) is 17.3 Å². The number of aromatic nitrogens is 3. The number of nitrogens with zero attached hydrogens (tertiary/aromatic N) is 3. The van der Waals surface area contributed by atoms with Gasteiger partial charge in [0.25, 0.3) is 0 Å². The Bertz CT molecular complexity index is 867. The molecule has 3 aromatic rings. The molecule has 0 spiro atoms. The van der Waals surface area contributed by atoms with Crippen molar-refractivity contribution in [1.82, 2.24) is 14.8 Å². The van der Waals surface area contributed by atoms with E-state index in [1.807, 2.05) is 47.9 Å². The monoisotopic (exact) mass is 433 g/mol. The fourth-order valence-electron chi connectivity index (χ4n) is 2.44. The first-order chi connectivity index (χ1) is 12.5. The molecule has 0 fully saturated rings. The summed E-state index contributed by atoms with van der Waals surface area (Å²) in [6, 6.07) is 15.7. The standard InChI is InChI=1S/C19H20BrN3O2S/c1-13-4-3-5-16(10-13)23-14(2)21-22-19(23)26-12-17(24)11-25-18-8-6-15(20)7-9-18/h3-10,17,24H,11-12H2,1-2H3/t17-/m1/s1. The van der Waals surface area contributed by atoms with Crippen LogP contribution in [-0.4, -0.2) is 38.3 Å². The van der Waals surface area contributed by atoms with Crippen molar-refractivity contribution >= 4 is 27.7 Å². The highest BCUT2D eigenvalue weighted by molar-refractivity contribution is 9.10. The highest BCUT2D eigenvalue weighted by Crippen LogP contribution is 2.23. The third kappa shape index (κ3) is 4.87. The van der Waals surface area contributed by atoms with Crippen LogP contribution in [0.1, 0.15) is 11.4 Å². The number of ether oxygens (including phenoxy) is 1. The Morgan fingerprint density at radius 3 is 2.65 bits per heavy atom. The molecule has 0 aliphatic carbocycles. The van der Waals surface area contributed by atoms with Crippen LogP contribution in [0.15, 0.2) is 58.2 Å². The van der Waals surface area contributed by atoms with E-state index >= 15 is 0 Å². The molecular weight excluding hydrogens is 414 g/mol. The number of halogens is 1. The Morgan fingerprint density at radius 2 is 1.92 bits per heavy atom. The molecule has 0 radical (unpaired) electrons. The van der Waals surface area contributed by atoms with Gasteiger partial charge in [-0.05, 0) is 55.8 Å². The predicted octanol–water partition coefficient (Wildman–Crippen LogP) is 4.18. The Labute approximate surface area is 165 Å². The van der Waals surface area contributed by atoms with E-state index in [-0.39, 0.29) is 6.61 Å². The molecule has 0 saturated heterocycles. The summed E-state index contributed by atoms with van der Waals surface area (Å²) in [5.41, 5.74) is 2.20. The molecule has 1 atom stereocenters.